The number of rotatable bonds is 5. The monoisotopic (exact) mass is 246 g/mol. The molecule has 1 radical (unpaired) electrons. The van der Waals surface area contributed by atoms with E-state index in [2.05, 4.69) is 10.2 Å². The first-order valence-corrected chi connectivity index (χ1v) is 6.25. The Balaban J connectivity index is 1.71. The normalized spacial score (nSPS) is 21.6. The summed E-state index contributed by atoms with van der Waals surface area (Å²) in [6, 6.07) is 0.297. The Morgan fingerprint density at radius 3 is 2.61 bits per heavy atom. The van der Waals surface area contributed by atoms with E-state index in [9.17, 15) is 9.59 Å². The van der Waals surface area contributed by atoms with Crippen LogP contribution in [0.15, 0.2) is 12.2 Å². The van der Waals surface area contributed by atoms with Gasteiger partial charge in [-0.3, -0.25) is 0 Å². The summed E-state index contributed by atoms with van der Waals surface area (Å²) >= 11 is 0. The first kappa shape index (κ1) is 13.0. The summed E-state index contributed by atoms with van der Waals surface area (Å²) in [7, 11) is 5.71. The molecular formula is C12H17BN3O2. The van der Waals surface area contributed by atoms with Crippen LogP contribution in [0.25, 0.3) is 0 Å². The summed E-state index contributed by atoms with van der Waals surface area (Å²) < 4.78 is 0. The van der Waals surface area contributed by atoms with Gasteiger partial charge in [0, 0.05) is 0 Å². The maximum absolute atomic E-state index is 11.5. The molecule has 1 fully saturated rings. The molecule has 2 aliphatic rings. The minimum absolute atomic E-state index is 0.0370. The Morgan fingerprint density at radius 2 is 2.06 bits per heavy atom. The van der Waals surface area contributed by atoms with Crippen LogP contribution in [-0.2, 0) is 9.59 Å². The molecule has 1 N–H and O–H groups in total. The number of hydrogen-bond acceptors (Lipinski definition) is 3. The number of likely N-dealkylation sites (tertiary alicyclic amines) is 1. The van der Waals surface area contributed by atoms with Gasteiger partial charge in [-0.2, -0.15) is 0 Å². The van der Waals surface area contributed by atoms with Gasteiger partial charge in [0.25, 0.3) is 0 Å². The van der Waals surface area contributed by atoms with Gasteiger partial charge >= 0.3 is 107 Å². The summed E-state index contributed by atoms with van der Waals surface area (Å²) in [5.41, 5.74) is 0.525. The number of amides is 2. The van der Waals surface area contributed by atoms with Crippen molar-refractivity contribution in [1.82, 2.24) is 15.1 Å². The average Bonchev–Trinajstić information content (AvgIpc) is 2.69. The number of carbonyl (C=O) groups excluding carboxylic acids is 2. The van der Waals surface area contributed by atoms with Crippen molar-refractivity contribution in [1.29, 1.82) is 0 Å². The molecule has 5 nitrogen and oxygen atoms in total. The third kappa shape index (κ3) is 3.07. The predicted octanol–water partition coefficient (Wildman–Crippen LogP) is -1.11. The van der Waals surface area contributed by atoms with Crippen LogP contribution in [0.5, 0.6) is 0 Å². The number of piperidine rings is 1. The van der Waals surface area contributed by atoms with Crippen molar-refractivity contribution in [3.05, 3.63) is 12.2 Å². The second kappa shape index (κ2) is 5.95. The van der Waals surface area contributed by atoms with Crippen molar-refractivity contribution in [3.8, 4) is 0 Å². The van der Waals surface area contributed by atoms with Crippen LogP contribution < -0.4 is 5.32 Å². The quantitative estimate of drug-likeness (QED) is 0.494. The Hall–Kier alpha value is -1.43. The Morgan fingerprint density at radius 1 is 1.33 bits per heavy atom. The van der Waals surface area contributed by atoms with Crippen molar-refractivity contribution < 1.29 is 9.59 Å². The molecule has 18 heavy (non-hydrogen) atoms. The second-order valence-electron chi connectivity index (χ2n) is 4.65. The zero-order chi connectivity index (χ0) is 13.0. The summed E-state index contributed by atoms with van der Waals surface area (Å²) in [6.45, 7) is 3.34. The van der Waals surface area contributed by atoms with E-state index in [1.807, 2.05) is 0 Å². The molecule has 95 valence electrons. The van der Waals surface area contributed by atoms with Crippen molar-refractivity contribution in [2.24, 2.45) is 0 Å². The molecule has 0 atom stereocenters. The van der Waals surface area contributed by atoms with E-state index in [1.54, 1.807) is 11.0 Å². The Labute approximate surface area is 108 Å². The van der Waals surface area contributed by atoms with Crippen LogP contribution >= 0.6 is 0 Å². The fourth-order valence-corrected chi connectivity index (χ4v) is 2.36. The van der Waals surface area contributed by atoms with Crippen LogP contribution in [0.1, 0.15) is 12.8 Å². The molecule has 0 saturated carbocycles. The van der Waals surface area contributed by atoms with E-state index in [4.69, 9.17) is 7.49 Å². The van der Waals surface area contributed by atoms with E-state index < -0.39 is 0 Å². The van der Waals surface area contributed by atoms with E-state index in [1.165, 1.54) is 6.08 Å². The molecule has 2 heterocycles. The summed E-state index contributed by atoms with van der Waals surface area (Å²) in [5, 5.41) is 2.81. The molecule has 6 heteroatoms. The number of carbonyl (C=O) groups is 2. The zero-order valence-corrected chi connectivity index (χ0v) is 10.3. The van der Waals surface area contributed by atoms with Crippen molar-refractivity contribution >= 4 is 25.4 Å². The summed E-state index contributed by atoms with van der Waals surface area (Å²) in [5.74, 6) is -0.0370. The zero-order valence-electron chi connectivity index (χ0n) is 10.3. The van der Waals surface area contributed by atoms with Gasteiger partial charge in [-0.25, -0.2) is 0 Å². The standard InChI is InChI=1S/C12H17BN3O2/c13-11-1-2-12(18)16(11)8-7-15-5-3-10(4-6-15)14-9-17/h1-2,9-10H,3-8H2,(H,14,17). The van der Waals surface area contributed by atoms with Crippen LogP contribution in [0, 0.1) is 0 Å². The molecule has 0 aliphatic carbocycles. The molecule has 0 spiro atoms. The minimum atomic E-state index is -0.0370. The predicted molar refractivity (Wildman–Crippen MR) is 70.3 cm³/mol. The number of hydrogen-bond donors (Lipinski definition) is 1. The first-order chi connectivity index (χ1) is 8.70. The topological polar surface area (TPSA) is 52.7 Å². The molecule has 2 amide bonds. The van der Waals surface area contributed by atoms with E-state index in [0.29, 0.717) is 18.2 Å². The fourth-order valence-electron chi connectivity index (χ4n) is 2.36. The molecule has 1 saturated heterocycles. The van der Waals surface area contributed by atoms with Gasteiger partial charge in [-0.1, -0.05) is 0 Å². The SMILES string of the molecule is [B]=C1C=CC(=O)N1CCN1CCC(NC=O)CC1. The maximum atomic E-state index is 11.5. The van der Waals surface area contributed by atoms with Gasteiger partial charge in [-0.05, 0) is 0 Å². The van der Waals surface area contributed by atoms with E-state index in [-0.39, 0.29) is 5.91 Å². The van der Waals surface area contributed by atoms with E-state index in [0.717, 1.165) is 38.9 Å². The fraction of sp³-hybridized carbons (Fsp3) is 0.583. The second-order valence-corrected chi connectivity index (χ2v) is 4.65. The molecular weight excluding hydrogens is 229 g/mol. The van der Waals surface area contributed by atoms with Gasteiger partial charge in [0.1, 0.15) is 0 Å². The first-order valence-electron chi connectivity index (χ1n) is 6.25. The van der Waals surface area contributed by atoms with Gasteiger partial charge in [0.05, 0.1) is 0 Å². The van der Waals surface area contributed by atoms with Gasteiger partial charge < -0.3 is 0 Å². The number of nitrogens with one attached hydrogen (secondary N) is 1. The van der Waals surface area contributed by atoms with Gasteiger partial charge in [0.2, 0.25) is 0 Å². The molecule has 0 bridgehead atoms. The summed E-state index contributed by atoms with van der Waals surface area (Å²) in [4.78, 5) is 25.7. The van der Waals surface area contributed by atoms with Crippen molar-refractivity contribution in [2.75, 3.05) is 26.2 Å². The van der Waals surface area contributed by atoms with Crippen LogP contribution in [-0.4, -0.2) is 67.4 Å². The van der Waals surface area contributed by atoms with E-state index >= 15 is 0 Å². The molecule has 2 rings (SSSR count). The molecule has 0 aromatic heterocycles. The third-order valence-corrected chi connectivity index (χ3v) is 3.51. The summed E-state index contributed by atoms with van der Waals surface area (Å²) in [6.07, 6.45) is 5.83. The molecule has 0 aromatic carbocycles. The number of nitrogens with zero attached hydrogens (tertiary/aromatic N) is 2. The van der Waals surface area contributed by atoms with Crippen LogP contribution in [0.3, 0.4) is 0 Å². The van der Waals surface area contributed by atoms with Gasteiger partial charge in [-0.15, -0.1) is 0 Å². The average molecular weight is 246 g/mol. The van der Waals surface area contributed by atoms with Gasteiger partial charge in [0.15, 0.2) is 0 Å². The Bertz CT molecular complexity index is 358. The Kier molecular flexibility index (Phi) is 4.31. The molecule has 0 aromatic rings. The van der Waals surface area contributed by atoms with Crippen LogP contribution in [0.2, 0.25) is 0 Å². The molecule has 0 unspecified atom stereocenters. The van der Waals surface area contributed by atoms with Crippen molar-refractivity contribution in [2.45, 2.75) is 18.9 Å². The molecule has 2 aliphatic heterocycles. The van der Waals surface area contributed by atoms with Crippen molar-refractivity contribution in [3.63, 3.8) is 0 Å². The van der Waals surface area contributed by atoms with Crippen LogP contribution in [0.4, 0.5) is 0 Å². The third-order valence-electron chi connectivity index (χ3n) is 3.51.